The van der Waals surface area contributed by atoms with Gasteiger partial charge in [0.25, 0.3) is 0 Å². The normalized spacial score (nSPS) is 13.4. The molecule has 1 aromatic carbocycles. The maximum atomic E-state index is 12.0. The average molecular weight is 292 g/mol. The molecular formula is C13H19F3N2S. The van der Waals surface area contributed by atoms with E-state index in [2.05, 4.69) is 5.32 Å². The van der Waals surface area contributed by atoms with E-state index in [-0.39, 0.29) is 23.6 Å². The number of anilines is 1. The summed E-state index contributed by atoms with van der Waals surface area (Å²) in [6.07, 6.45) is 0. The SMILES string of the molecule is CC(NCCSC(F)(F)F)c1ccc(N(C)C)cc1. The fraction of sp³-hybridized carbons (Fsp3) is 0.538. The van der Waals surface area contributed by atoms with E-state index in [1.54, 1.807) is 0 Å². The molecule has 0 aliphatic heterocycles. The third-order valence-electron chi connectivity index (χ3n) is 2.73. The van der Waals surface area contributed by atoms with Gasteiger partial charge in [0.15, 0.2) is 0 Å². The summed E-state index contributed by atoms with van der Waals surface area (Å²) in [4.78, 5) is 2.00. The van der Waals surface area contributed by atoms with Gasteiger partial charge in [-0.2, -0.15) is 13.2 Å². The predicted molar refractivity (Wildman–Crippen MR) is 75.7 cm³/mol. The molecule has 0 aliphatic rings. The van der Waals surface area contributed by atoms with Gasteiger partial charge < -0.3 is 10.2 Å². The van der Waals surface area contributed by atoms with Crippen LogP contribution in [0.25, 0.3) is 0 Å². The molecule has 0 spiro atoms. The van der Waals surface area contributed by atoms with Crippen molar-refractivity contribution in [2.45, 2.75) is 18.5 Å². The number of rotatable bonds is 6. The lowest BCUT2D eigenvalue weighted by atomic mass is 10.1. The minimum absolute atomic E-state index is 0.00794. The second-order valence-electron chi connectivity index (χ2n) is 4.46. The molecule has 0 fully saturated rings. The van der Waals surface area contributed by atoms with Crippen molar-refractivity contribution in [1.82, 2.24) is 5.32 Å². The van der Waals surface area contributed by atoms with E-state index in [0.717, 1.165) is 11.3 Å². The van der Waals surface area contributed by atoms with Gasteiger partial charge in [0.2, 0.25) is 0 Å². The zero-order valence-electron chi connectivity index (χ0n) is 11.3. The molecule has 19 heavy (non-hydrogen) atoms. The van der Waals surface area contributed by atoms with Gasteiger partial charge in [-0.05, 0) is 36.4 Å². The number of benzene rings is 1. The van der Waals surface area contributed by atoms with Crippen LogP contribution in [-0.4, -0.2) is 31.9 Å². The molecule has 1 N–H and O–H groups in total. The van der Waals surface area contributed by atoms with Gasteiger partial charge in [0.05, 0.1) is 0 Å². The minimum atomic E-state index is -4.14. The van der Waals surface area contributed by atoms with Gasteiger partial charge in [-0.15, -0.1) is 0 Å². The number of nitrogens with one attached hydrogen (secondary N) is 1. The van der Waals surface area contributed by atoms with Crippen LogP contribution >= 0.6 is 11.8 Å². The summed E-state index contributed by atoms with van der Waals surface area (Å²) in [7, 11) is 3.93. The number of nitrogens with zero attached hydrogens (tertiary/aromatic N) is 1. The van der Waals surface area contributed by atoms with Gasteiger partial charge in [0, 0.05) is 38.1 Å². The van der Waals surface area contributed by atoms with Crippen LogP contribution in [0.4, 0.5) is 18.9 Å². The zero-order valence-corrected chi connectivity index (χ0v) is 12.1. The van der Waals surface area contributed by atoms with Crippen LogP contribution in [0.15, 0.2) is 24.3 Å². The highest BCUT2D eigenvalue weighted by atomic mass is 32.2. The zero-order chi connectivity index (χ0) is 14.5. The highest BCUT2D eigenvalue weighted by Gasteiger charge is 2.27. The first-order valence-corrected chi connectivity index (χ1v) is 6.99. The average Bonchev–Trinajstić information content (AvgIpc) is 2.33. The van der Waals surface area contributed by atoms with Gasteiger partial charge in [0.1, 0.15) is 0 Å². The second-order valence-corrected chi connectivity index (χ2v) is 5.62. The molecule has 0 aliphatic carbocycles. The Balaban J connectivity index is 2.39. The summed E-state index contributed by atoms with van der Waals surface area (Å²) in [5.74, 6) is 0.0314. The number of hydrogen-bond acceptors (Lipinski definition) is 3. The van der Waals surface area contributed by atoms with Crippen molar-refractivity contribution in [2.24, 2.45) is 0 Å². The largest absolute Gasteiger partial charge is 0.441 e. The summed E-state index contributed by atoms with van der Waals surface area (Å²) in [6, 6.07) is 8.02. The first-order valence-electron chi connectivity index (χ1n) is 6.01. The Bertz CT molecular complexity index is 376. The van der Waals surface area contributed by atoms with Gasteiger partial charge in [-0.25, -0.2) is 0 Å². The lowest BCUT2D eigenvalue weighted by Crippen LogP contribution is -2.22. The van der Waals surface area contributed by atoms with Crippen LogP contribution in [0.2, 0.25) is 0 Å². The molecule has 108 valence electrons. The van der Waals surface area contributed by atoms with Gasteiger partial charge in [-0.1, -0.05) is 12.1 Å². The van der Waals surface area contributed by atoms with Crippen molar-refractivity contribution in [3.05, 3.63) is 29.8 Å². The molecule has 2 nitrogen and oxygen atoms in total. The highest BCUT2D eigenvalue weighted by molar-refractivity contribution is 8.00. The molecule has 6 heteroatoms. The maximum Gasteiger partial charge on any atom is 0.441 e. The van der Waals surface area contributed by atoms with Crippen LogP contribution in [0.5, 0.6) is 0 Å². The Morgan fingerprint density at radius 1 is 1.21 bits per heavy atom. The quantitative estimate of drug-likeness (QED) is 0.806. The second kappa shape index (κ2) is 7.05. The minimum Gasteiger partial charge on any atom is -0.378 e. The Morgan fingerprint density at radius 3 is 2.26 bits per heavy atom. The third-order valence-corrected chi connectivity index (χ3v) is 3.46. The lowest BCUT2D eigenvalue weighted by Gasteiger charge is -2.17. The predicted octanol–water partition coefficient (Wildman–Crippen LogP) is 3.66. The molecule has 0 bridgehead atoms. The summed E-state index contributed by atoms with van der Waals surface area (Å²) in [6.45, 7) is 2.28. The smallest absolute Gasteiger partial charge is 0.378 e. The van der Waals surface area contributed by atoms with Gasteiger partial charge >= 0.3 is 5.51 Å². The molecule has 0 saturated carbocycles. The van der Waals surface area contributed by atoms with Crippen LogP contribution in [-0.2, 0) is 0 Å². The molecule has 1 atom stereocenters. The summed E-state index contributed by atoms with van der Waals surface area (Å²) in [5, 5.41) is 3.09. The van der Waals surface area contributed by atoms with Crippen LogP contribution in [0.1, 0.15) is 18.5 Å². The van der Waals surface area contributed by atoms with Crippen molar-refractivity contribution >= 4 is 17.4 Å². The molecular weight excluding hydrogens is 273 g/mol. The number of alkyl halides is 3. The monoisotopic (exact) mass is 292 g/mol. The van der Waals surface area contributed by atoms with Crippen LogP contribution in [0.3, 0.4) is 0 Å². The molecule has 0 amide bonds. The Labute approximate surface area is 116 Å². The fourth-order valence-corrected chi connectivity index (χ4v) is 2.07. The number of hydrogen-bond donors (Lipinski definition) is 1. The molecule has 0 saturated heterocycles. The first kappa shape index (κ1) is 16.2. The number of halogens is 3. The van der Waals surface area contributed by atoms with E-state index in [1.165, 1.54) is 0 Å². The van der Waals surface area contributed by atoms with E-state index in [0.29, 0.717) is 6.54 Å². The lowest BCUT2D eigenvalue weighted by molar-refractivity contribution is -0.0327. The molecule has 0 aromatic heterocycles. The standard InChI is InChI=1S/C13H19F3N2S/c1-10(17-8-9-19-13(14,15)16)11-4-6-12(7-5-11)18(2)3/h4-7,10,17H,8-9H2,1-3H3. The van der Waals surface area contributed by atoms with Crippen LogP contribution < -0.4 is 10.2 Å². The Kier molecular flexibility index (Phi) is 6.00. The molecule has 1 aromatic rings. The maximum absolute atomic E-state index is 12.0. The number of thioether (sulfide) groups is 1. The van der Waals surface area contributed by atoms with Crippen molar-refractivity contribution in [2.75, 3.05) is 31.3 Å². The first-order chi connectivity index (χ1) is 8.79. The van der Waals surface area contributed by atoms with E-state index in [1.807, 2.05) is 50.2 Å². The molecule has 1 unspecified atom stereocenters. The summed E-state index contributed by atoms with van der Waals surface area (Å²) < 4.78 is 35.9. The van der Waals surface area contributed by atoms with E-state index in [9.17, 15) is 13.2 Å². The van der Waals surface area contributed by atoms with E-state index in [4.69, 9.17) is 0 Å². The highest BCUT2D eigenvalue weighted by Crippen LogP contribution is 2.29. The van der Waals surface area contributed by atoms with E-state index >= 15 is 0 Å². The Hall–Kier alpha value is -0.880. The Morgan fingerprint density at radius 2 is 1.79 bits per heavy atom. The van der Waals surface area contributed by atoms with Crippen molar-refractivity contribution in [3.63, 3.8) is 0 Å². The molecule has 1 rings (SSSR count). The van der Waals surface area contributed by atoms with Gasteiger partial charge in [-0.3, -0.25) is 0 Å². The van der Waals surface area contributed by atoms with Crippen molar-refractivity contribution in [3.8, 4) is 0 Å². The summed E-state index contributed by atoms with van der Waals surface area (Å²) >= 11 is 0.00794. The molecule has 0 radical (unpaired) electrons. The third kappa shape index (κ3) is 6.20. The molecule has 0 heterocycles. The van der Waals surface area contributed by atoms with E-state index < -0.39 is 5.51 Å². The fourth-order valence-electron chi connectivity index (χ4n) is 1.62. The topological polar surface area (TPSA) is 15.3 Å². The van der Waals surface area contributed by atoms with Crippen LogP contribution in [0, 0.1) is 0 Å². The summed E-state index contributed by atoms with van der Waals surface area (Å²) in [5.41, 5.74) is -1.97. The van der Waals surface area contributed by atoms with Crippen molar-refractivity contribution < 1.29 is 13.2 Å². The van der Waals surface area contributed by atoms with Crippen molar-refractivity contribution in [1.29, 1.82) is 0 Å².